The quantitative estimate of drug-likeness (QED) is 0.830. The van der Waals surface area contributed by atoms with Crippen molar-refractivity contribution in [3.63, 3.8) is 0 Å². The first-order chi connectivity index (χ1) is 9.31. The molecule has 1 aliphatic carbocycles. The van der Waals surface area contributed by atoms with Gasteiger partial charge in [-0.3, -0.25) is 9.59 Å². The zero-order valence-corrected chi connectivity index (χ0v) is 11.3. The molecule has 2 rings (SSSR count). The third kappa shape index (κ3) is 1.93. The molecule has 0 spiro atoms. The van der Waals surface area contributed by atoms with Crippen LogP contribution >= 0.6 is 0 Å². The third-order valence-electron chi connectivity index (χ3n) is 3.83. The molecule has 0 fully saturated rings. The molecule has 4 nitrogen and oxygen atoms in total. The Kier molecular flexibility index (Phi) is 3.26. The van der Waals surface area contributed by atoms with Crippen LogP contribution in [0.4, 0.5) is 0 Å². The number of hydrogen-bond donors (Lipinski definition) is 2. The van der Waals surface area contributed by atoms with E-state index in [1.165, 1.54) is 6.08 Å². The lowest BCUT2D eigenvalue weighted by atomic mass is 9.62. The Bertz CT molecular complexity index is 595. The molecule has 1 aromatic carbocycles. The molecule has 0 heterocycles. The maximum absolute atomic E-state index is 11.5. The Morgan fingerprint density at radius 3 is 2.00 bits per heavy atom. The van der Waals surface area contributed by atoms with E-state index >= 15 is 0 Å². The van der Waals surface area contributed by atoms with Crippen LogP contribution in [0.3, 0.4) is 0 Å². The maximum Gasteiger partial charge on any atom is 0.325 e. The first kappa shape index (κ1) is 14.1. The molecule has 2 N–H and O–H groups in total. The van der Waals surface area contributed by atoms with Gasteiger partial charge in [-0.05, 0) is 11.1 Å². The van der Waals surface area contributed by atoms with Gasteiger partial charge >= 0.3 is 11.9 Å². The first-order valence-electron chi connectivity index (χ1n) is 6.25. The monoisotopic (exact) mass is 272 g/mol. The van der Waals surface area contributed by atoms with Crippen molar-refractivity contribution in [1.29, 1.82) is 0 Å². The maximum atomic E-state index is 11.5. The molecule has 0 unspecified atom stereocenters. The first-order valence-corrected chi connectivity index (χ1v) is 6.25. The lowest BCUT2D eigenvalue weighted by Gasteiger charge is -2.38. The highest BCUT2D eigenvalue weighted by Crippen LogP contribution is 2.47. The molecular formula is C16H16O4. The van der Waals surface area contributed by atoms with Crippen molar-refractivity contribution in [2.24, 2.45) is 10.8 Å². The van der Waals surface area contributed by atoms with Gasteiger partial charge in [-0.2, -0.15) is 0 Å². The predicted molar refractivity (Wildman–Crippen MR) is 75.0 cm³/mol. The molecule has 104 valence electrons. The van der Waals surface area contributed by atoms with Crippen LogP contribution in [0.1, 0.15) is 19.4 Å². The second-order valence-electron chi connectivity index (χ2n) is 5.44. The summed E-state index contributed by atoms with van der Waals surface area (Å²) in [6.45, 7) is 3.25. The van der Waals surface area contributed by atoms with Crippen LogP contribution in [-0.2, 0) is 9.59 Å². The van der Waals surface area contributed by atoms with Crippen LogP contribution in [0, 0.1) is 10.8 Å². The largest absolute Gasteiger partial charge is 0.480 e. The molecule has 0 radical (unpaired) electrons. The highest BCUT2D eigenvalue weighted by Gasteiger charge is 2.56. The average Bonchev–Trinajstić information content (AvgIpc) is 2.37. The molecule has 1 aliphatic rings. The summed E-state index contributed by atoms with van der Waals surface area (Å²) in [5, 5.41) is 18.8. The van der Waals surface area contributed by atoms with Crippen molar-refractivity contribution in [3.05, 3.63) is 54.1 Å². The van der Waals surface area contributed by atoms with Gasteiger partial charge in [0.2, 0.25) is 0 Å². The van der Waals surface area contributed by atoms with Gasteiger partial charge in [0.25, 0.3) is 0 Å². The van der Waals surface area contributed by atoms with E-state index < -0.39 is 22.8 Å². The van der Waals surface area contributed by atoms with Crippen molar-refractivity contribution in [3.8, 4) is 0 Å². The second-order valence-corrected chi connectivity index (χ2v) is 5.44. The van der Waals surface area contributed by atoms with E-state index in [9.17, 15) is 19.8 Å². The SMILES string of the molecule is CC1(C)C=C(c2ccccc2)C=CC1(C(=O)O)C(=O)O. The Morgan fingerprint density at radius 2 is 1.55 bits per heavy atom. The normalized spacial score (nSPS) is 19.2. The lowest BCUT2D eigenvalue weighted by Crippen LogP contribution is -2.49. The smallest absolute Gasteiger partial charge is 0.325 e. The molecule has 1 aromatic rings. The van der Waals surface area contributed by atoms with Crippen LogP contribution in [0.25, 0.3) is 5.57 Å². The van der Waals surface area contributed by atoms with Gasteiger partial charge in [-0.15, -0.1) is 0 Å². The number of benzene rings is 1. The molecule has 0 saturated heterocycles. The van der Waals surface area contributed by atoms with Crippen LogP contribution < -0.4 is 0 Å². The van der Waals surface area contributed by atoms with Crippen LogP contribution in [0.15, 0.2) is 48.6 Å². The number of carboxylic acids is 2. The van der Waals surface area contributed by atoms with E-state index in [2.05, 4.69) is 0 Å². The number of carboxylic acid groups (broad SMARTS) is 2. The van der Waals surface area contributed by atoms with Gasteiger partial charge in [-0.1, -0.05) is 62.4 Å². The summed E-state index contributed by atoms with van der Waals surface area (Å²) >= 11 is 0. The fourth-order valence-corrected chi connectivity index (χ4v) is 2.58. The topological polar surface area (TPSA) is 74.6 Å². The van der Waals surface area contributed by atoms with E-state index in [1.807, 2.05) is 30.3 Å². The summed E-state index contributed by atoms with van der Waals surface area (Å²) in [4.78, 5) is 23.0. The standard InChI is InChI=1S/C16H16O4/c1-15(2)10-12(11-6-4-3-5-7-11)8-9-16(15,13(17)18)14(19)20/h3-10H,1-2H3,(H,17,18)(H,19,20). The Balaban J connectivity index is 2.54. The minimum atomic E-state index is -1.94. The molecule has 20 heavy (non-hydrogen) atoms. The molecule has 0 aliphatic heterocycles. The lowest BCUT2D eigenvalue weighted by molar-refractivity contribution is -0.166. The van der Waals surface area contributed by atoms with Crippen molar-refractivity contribution in [2.75, 3.05) is 0 Å². The van der Waals surface area contributed by atoms with E-state index in [4.69, 9.17) is 0 Å². The summed E-state index contributed by atoms with van der Waals surface area (Å²) in [7, 11) is 0. The minimum Gasteiger partial charge on any atom is -0.480 e. The van der Waals surface area contributed by atoms with E-state index in [-0.39, 0.29) is 0 Å². The van der Waals surface area contributed by atoms with Gasteiger partial charge < -0.3 is 10.2 Å². The van der Waals surface area contributed by atoms with E-state index in [0.717, 1.165) is 11.1 Å². The van der Waals surface area contributed by atoms with Crippen molar-refractivity contribution < 1.29 is 19.8 Å². The number of aliphatic carboxylic acids is 2. The minimum absolute atomic E-state index is 0.828. The second kappa shape index (κ2) is 4.63. The summed E-state index contributed by atoms with van der Waals surface area (Å²) in [5.41, 5.74) is -1.22. The van der Waals surface area contributed by atoms with Crippen LogP contribution in [-0.4, -0.2) is 22.2 Å². The number of carbonyl (C=O) groups is 2. The van der Waals surface area contributed by atoms with Gasteiger partial charge in [0.1, 0.15) is 0 Å². The van der Waals surface area contributed by atoms with Crippen molar-refractivity contribution in [1.82, 2.24) is 0 Å². The molecule has 0 aromatic heterocycles. The highest BCUT2D eigenvalue weighted by molar-refractivity contribution is 6.03. The molecule has 0 atom stereocenters. The number of allylic oxidation sites excluding steroid dienone is 3. The average molecular weight is 272 g/mol. The molecule has 4 heteroatoms. The number of rotatable bonds is 3. The van der Waals surface area contributed by atoms with Crippen molar-refractivity contribution >= 4 is 17.5 Å². The summed E-state index contributed by atoms with van der Waals surface area (Å²) in [6.07, 6.45) is 4.56. The van der Waals surface area contributed by atoms with E-state index in [1.54, 1.807) is 26.0 Å². The summed E-state index contributed by atoms with van der Waals surface area (Å²) in [5.74, 6) is -2.70. The molecular weight excluding hydrogens is 256 g/mol. The van der Waals surface area contributed by atoms with Crippen molar-refractivity contribution in [2.45, 2.75) is 13.8 Å². The molecule has 0 amide bonds. The molecule has 0 bridgehead atoms. The third-order valence-corrected chi connectivity index (χ3v) is 3.83. The van der Waals surface area contributed by atoms with Crippen LogP contribution in [0.5, 0.6) is 0 Å². The van der Waals surface area contributed by atoms with Crippen LogP contribution in [0.2, 0.25) is 0 Å². The Labute approximate surface area is 117 Å². The van der Waals surface area contributed by atoms with E-state index in [0.29, 0.717) is 0 Å². The fourth-order valence-electron chi connectivity index (χ4n) is 2.58. The zero-order chi connectivity index (χ0) is 15.0. The fraction of sp³-hybridized carbons (Fsp3) is 0.250. The van der Waals surface area contributed by atoms with Gasteiger partial charge in [-0.25, -0.2) is 0 Å². The predicted octanol–water partition coefficient (Wildman–Crippen LogP) is 2.82. The van der Waals surface area contributed by atoms with Gasteiger partial charge in [0, 0.05) is 5.41 Å². The Hall–Kier alpha value is -2.36. The highest BCUT2D eigenvalue weighted by atomic mass is 16.4. The Morgan fingerprint density at radius 1 is 1.00 bits per heavy atom. The summed E-state index contributed by atoms with van der Waals surface area (Å²) < 4.78 is 0. The van der Waals surface area contributed by atoms with Gasteiger partial charge in [0.15, 0.2) is 5.41 Å². The van der Waals surface area contributed by atoms with Gasteiger partial charge in [0.05, 0.1) is 0 Å². The summed E-state index contributed by atoms with van der Waals surface area (Å²) in [6, 6.07) is 9.46. The molecule has 0 saturated carbocycles. The zero-order valence-electron chi connectivity index (χ0n) is 11.3. The number of hydrogen-bond acceptors (Lipinski definition) is 2.